The summed E-state index contributed by atoms with van der Waals surface area (Å²) >= 11 is 0. The van der Waals surface area contributed by atoms with E-state index in [1.807, 2.05) is 0 Å². The predicted octanol–water partition coefficient (Wildman–Crippen LogP) is 4.28. The summed E-state index contributed by atoms with van der Waals surface area (Å²) in [6.45, 7) is 15.9. The fourth-order valence-electron chi connectivity index (χ4n) is 2.09. The highest BCUT2D eigenvalue weighted by Crippen LogP contribution is 2.15. The van der Waals surface area contributed by atoms with Crippen LogP contribution in [0.3, 0.4) is 0 Å². The van der Waals surface area contributed by atoms with Crippen LogP contribution in [0.25, 0.3) is 0 Å². The summed E-state index contributed by atoms with van der Waals surface area (Å²) < 4.78 is 11.9. The van der Waals surface area contributed by atoms with Crippen molar-refractivity contribution in [2.75, 3.05) is 7.11 Å². The minimum Gasteiger partial charge on any atom is -0.432 e. The van der Waals surface area contributed by atoms with Gasteiger partial charge in [0.1, 0.15) is 0 Å². The van der Waals surface area contributed by atoms with Gasteiger partial charge in [0, 0.05) is 7.11 Å². The second kappa shape index (κ2) is 7.87. The molecule has 0 aliphatic heterocycles. The van der Waals surface area contributed by atoms with Gasteiger partial charge in [0.15, 0.2) is 0 Å². The molecule has 0 atom stereocenters. The van der Waals surface area contributed by atoms with E-state index in [9.17, 15) is 0 Å². The minimum absolute atomic E-state index is 0. The van der Waals surface area contributed by atoms with Crippen LogP contribution in [0.5, 0.6) is 0 Å². The van der Waals surface area contributed by atoms with E-state index < -0.39 is 25.0 Å². The lowest BCUT2D eigenvalue weighted by Crippen LogP contribution is -2.54. The number of hydrogen-bond donors (Lipinski definition) is 0. The zero-order valence-electron chi connectivity index (χ0n) is 13.6. The predicted molar refractivity (Wildman–Crippen MR) is 106 cm³/mol. The fraction of sp³-hybridized carbons (Fsp3) is 0.625. The molecule has 0 bridgehead atoms. The van der Waals surface area contributed by atoms with E-state index in [1.165, 1.54) is 10.4 Å². The van der Waals surface area contributed by atoms with E-state index >= 15 is 0 Å². The van der Waals surface area contributed by atoms with Gasteiger partial charge in [0.2, 0.25) is 8.32 Å². The number of benzene rings is 1. The van der Waals surface area contributed by atoms with Crippen LogP contribution in [-0.2, 0) is 8.54 Å². The highest BCUT2D eigenvalue weighted by atomic mass is 28.4. The lowest BCUT2D eigenvalue weighted by molar-refractivity contribution is 0.313. The largest absolute Gasteiger partial charge is 0.432 e. The van der Waals surface area contributed by atoms with Gasteiger partial charge < -0.3 is 8.54 Å². The lowest BCUT2D eigenvalue weighted by Gasteiger charge is -2.32. The van der Waals surface area contributed by atoms with Gasteiger partial charge in [0.05, 0.1) is 8.07 Å². The van der Waals surface area contributed by atoms with Gasteiger partial charge in [-0.3, -0.25) is 0 Å². The maximum Gasteiger partial charge on any atom is 0.321 e. The van der Waals surface area contributed by atoms with Crippen molar-refractivity contribution in [3.8, 4) is 0 Å². The maximum atomic E-state index is 6.35. The van der Waals surface area contributed by atoms with Crippen molar-refractivity contribution < 1.29 is 8.54 Å². The summed E-state index contributed by atoms with van der Waals surface area (Å²) in [4.78, 5) is 0. The zero-order valence-corrected chi connectivity index (χ0v) is 16.6. The van der Waals surface area contributed by atoms with Crippen molar-refractivity contribution in [2.45, 2.75) is 60.7 Å². The topological polar surface area (TPSA) is 18.5 Å². The molecule has 0 unspecified atom stereocenters. The van der Waals surface area contributed by atoms with Gasteiger partial charge in [-0.05, 0) is 31.4 Å². The summed E-state index contributed by atoms with van der Waals surface area (Å²) in [5.74, 6) is 0. The van der Waals surface area contributed by atoms with Crippen LogP contribution in [0.2, 0.25) is 45.8 Å². The SMILES string of the molecule is C.C.CO[Si](C)(C)O[Si](C)(C)c1ccc([Si](C)(C)C)cc1. The molecule has 5 heteroatoms. The normalized spacial score (nSPS) is 12.4. The zero-order chi connectivity index (χ0) is 14.9. The molecule has 0 amide bonds. The van der Waals surface area contributed by atoms with E-state index in [4.69, 9.17) is 8.54 Å². The molecule has 0 heterocycles. The van der Waals surface area contributed by atoms with Crippen LogP contribution >= 0.6 is 0 Å². The van der Waals surface area contributed by atoms with Gasteiger partial charge in [-0.2, -0.15) is 0 Å². The second-order valence-electron chi connectivity index (χ2n) is 7.04. The Morgan fingerprint density at radius 3 is 1.43 bits per heavy atom. The molecule has 1 aromatic rings. The molecule has 0 N–H and O–H groups in total. The number of rotatable bonds is 5. The minimum atomic E-state index is -1.98. The quantitative estimate of drug-likeness (QED) is 0.742. The molecule has 0 fully saturated rings. The Morgan fingerprint density at radius 1 is 0.714 bits per heavy atom. The van der Waals surface area contributed by atoms with Crippen molar-refractivity contribution in [1.82, 2.24) is 0 Å². The molecule has 1 aromatic carbocycles. The second-order valence-corrected chi connectivity index (χ2v) is 19.7. The fourth-order valence-corrected chi connectivity index (χ4v) is 9.94. The summed E-state index contributed by atoms with van der Waals surface area (Å²) in [6, 6.07) is 9.11. The van der Waals surface area contributed by atoms with Gasteiger partial charge in [-0.15, -0.1) is 0 Å². The van der Waals surface area contributed by atoms with E-state index in [2.05, 4.69) is 70.1 Å². The van der Waals surface area contributed by atoms with Crippen LogP contribution in [0, 0.1) is 0 Å². The molecular weight excluding hydrogens is 308 g/mol. The first-order chi connectivity index (χ1) is 8.48. The van der Waals surface area contributed by atoms with Crippen molar-refractivity contribution in [1.29, 1.82) is 0 Å². The summed E-state index contributed by atoms with van der Waals surface area (Å²) in [5.41, 5.74) is 0. The molecule has 0 aromatic heterocycles. The highest BCUT2D eigenvalue weighted by Gasteiger charge is 2.35. The van der Waals surface area contributed by atoms with Gasteiger partial charge in [0.25, 0.3) is 0 Å². The molecule has 0 aliphatic rings. The van der Waals surface area contributed by atoms with E-state index in [-0.39, 0.29) is 14.9 Å². The van der Waals surface area contributed by atoms with E-state index in [1.54, 1.807) is 7.11 Å². The first kappa shape index (κ1) is 23.1. The third-order valence-electron chi connectivity index (χ3n) is 3.44. The van der Waals surface area contributed by atoms with Crippen molar-refractivity contribution in [3.63, 3.8) is 0 Å². The Kier molecular flexibility index (Phi) is 8.65. The third kappa shape index (κ3) is 6.61. The average molecular weight is 345 g/mol. The Balaban J connectivity index is 0. The molecule has 124 valence electrons. The first-order valence-corrected chi connectivity index (χ1v) is 16.1. The van der Waals surface area contributed by atoms with Gasteiger partial charge in [-0.1, -0.05) is 63.9 Å². The standard InChI is InChI=1S/C14H28O2Si3.2CH4/c1-15-19(7,8)16-18(5,6)14-11-9-13(10-12-14)17(2,3)4;;/h9-12H,1-8H3;2*1H4. The molecule has 21 heavy (non-hydrogen) atoms. The summed E-state index contributed by atoms with van der Waals surface area (Å²) in [7, 11) is -3.30. The van der Waals surface area contributed by atoms with Crippen LogP contribution in [0.4, 0.5) is 0 Å². The molecule has 0 saturated carbocycles. The highest BCUT2D eigenvalue weighted by molar-refractivity contribution is 6.91. The summed E-state index contributed by atoms with van der Waals surface area (Å²) in [5, 5.41) is 2.86. The molecule has 0 radical (unpaired) electrons. The third-order valence-corrected chi connectivity index (χ3v) is 12.2. The molecular formula is C16H36O2Si3. The molecule has 0 saturated heterocycles. The van der Waals surface area contributed by atoms with Crippen LogP contribution < -0.4 is 10.4 Å². The molecule has 1 rings (SSSR count). The Morgan fingerprint density at radius 2 is 1.10 bits per heavy atom. The van der Waals surface area contributed by atoms with Gasteiger partial charge in [-0.25, -0.2) is 0 Å². The van der Waals surface area contributed by atoms with Crippen molar-refractivity contribution in [3.05, 3.63) is 24.3 Å². The molecule has 2 nitrogen and oxygen atoms in total. The van der Waals surface area contributed by atoms with Gasteiger partial charge >= 0.3 is 8.56 Å². The summed E-state index contributed by atoms with van der Waals surface area (Å²) in [6.07, 6.45) is 0. The maximum absolute atomic E-state index is 6.35. The Bertz CT molecular complexity index is 420. The molecule has 0 aliphatic carbocycles. The monoisotopic (exact) mass is 344 g/mol. The lowest BCUT2D eigenvalue weighted by atomic mass is 10.4. The number of hydrogen-bond acceptors (Lipinski definition) is 2. The van der Waals surface area contributed by atoms with Crippen LogP contribution in [0.1, 0.15) is 14.9 Å². The average Bonchev–Trinajstić information content (AvgIpc) is 2.27. The Hall–Kier alpha value is -0.209. The van der Waals surface area contributed by atoms with Crippen molar-refractivity contribution in [2.24, 2.45) is 0 Å². The van der Waals surface area contributed by atoms with Crippen LogP contribution in [0.15, 0.2) is 24.3 Å². The van der Waals surface area contributed by atoms with E-state index in [0.717, 1.165) is 0 Å². The van der Waals surface area contributed by atoms with Crippen molar-refractivity contribution >= 4 is 35.3 Å². The molecule has 0 spiro atoms. The first-order valence-electron chi connectivity index (χ1n) is 6.84. The smallest absolute Gasteiger partial charge is 0.321 e. The van der Waals surface area contributed by atoms with Crippen LogP contribution in [-0.4, -0.2) is 32.1 Å². The Labute approximate surface area is 136 Å². The van der Waals surface area contributed by atoms with E-state index in [0.29, 0.717) is 0 Å².